The summed E-state index contributed by atoms with van der Waals surface area (Å²) in [5.41, 5.74) is 21.8. The molecule has 0 radical (unpaired) electrons. The zero-order chi connectivity index (χ0) is 26.1. The van der Waals surface area contributed by atoms with Crippen molar-refractivity contribution in [3.63, 3.8) is 0 Å². The SMILES string of the molecule is NCCCC[C@H](NC(=O)[C@H](CCC(N)=O)NC(=O)[C@H](CCCCN)NC(=O)[C@@H](N)CS)C(=O)O. The van der Waals surface area contributed by atoms with Crippen LogP contribution in [-0.2, 0) is 24.0 Å². The fourth-order valence-electron chi connectivity index (χ4n) is 2.97. The highest BCUT2D eigenvalue weighted by Gasteiger charge is 2.30. The first-order valence-electron chi connectivity index (χ1n) is 11.3. The van der Waals surface area contributed by atoms with Crippen LogP contribution >= 0.6 is 12.6 Å². The van der Waals surface area contributed by atoms with E-state index in [4.69, 9.17) is 22.9 Å². The van der Waals surface area contributed by atoms with Crippen LogP contribution in [0, 0.1) is 0 Å². The molecule has 0 aromatic rings. The van der Waals surface area contributed by atoms with Crippen LogP contribution in [-0.4, -0.2) is 77.7 Å². The van der Waals surface area contributed by atoms with E-state index in [2.05, 4.69) is 28.6 Å². The lowest BCUT2D eigenvalue weighted by Gasteiger charge is -2.25. The molecule has 4 atom stereocenters. The number of hydrogen-bond acceptors (Lipinski definition) is 9. The van der Waals surface area contributed by atoms with E-state index in [-0.39, 0.29) is 31.4 Å². The minimum absolute atomic E-state index is 0.0628. The maximum absolute atomic E-state index is 12.9. The van der Waals surface area contributed by atoms with Crippen LogP contribution < -0.4 is 38.9 Å². The van der Waals surface area contributed by atoms with Gasteiger partial charge in [-0.05, 0) is 58.0 Å². The molecule has 0 aliphatic heterocycles. The number of carboxylic acid groups (broad SMARTS) is 1. The molecule has 0 fully saturated rings. The van der Waals surface area contributed by atoms with E-state index in [0.29, 0.717) is 38.8 Å². The summed E-state index contributed by atoms with van der Waals surface area (Å²) in [6.07, 6.45) is 2.19. The van der Waals surface area contributed by atoms with Gasteiger partial charge in [-0.3, -0.25) is 19.2 Å². The van der Waals surface area contributed by atoms with Crippen molar-refractivity contribution in [2.75, 3.05) is 18.8 Å². The van der Waals surface area contributed by atoms with Gasteiger partial charge in [0, 0.05) is 12.2 Å². The van der Waals surface area contributed by atoms with Crippen LogP contribution in [0.5, 0.6) is 0 Å². The smallest absolute Gasteiger partial charge is 0.326 e. The molecule has 0 heterocycles. The highest BCUT2D eigenvalue weighted by molar-refractivity contribution is 7.80. The van der Waals surface area contributed by atoms with Gasteiger partial charge in [-0.1, -0.05) is 0 Å². The van der Waals surface area contributed by atoms with E-state index in [1.54, 1.807) is 0 Å². The predicted molar refractivity (Wildman–Crippen MR) is 129 cm³/mol. The molecule has 12 N–H and O–H groups in total. The summed E-state index contributed by atoms with van der Waals surface area (Å²) in [7, 11) is 0. The first-order chi connectivity index (χ1) is 16.1. The number of aliphatic carboxylic acids is 1. The molecule has 0 aliphatic rings. The molecule has 0 saturated heterocycles. The number of hydrogen-bond donors (Lipinski definition) is 9. The number of unbranched alkanes of at least 4 members (excludes halogenated alkanes) is 2. The third-order valence-electron chi connectivity index (χ3n) is 4.99. The second-order valence-electron chi connectivity index (χ2n) is 7.88. The van der Waals surface area contributed by atoms with Crippen LogP contribution in [0.2, 0.25) is 0 Å². The number of nitrogens with one attached hydrogen (secondary N) is 3. The van der Waals surface area contributed by atoms with Gasteiger partial charge in [-0.25, -0.2) is 4.79 Å². The normalized spacial score (nSPS) is 14.4. The average molecular weight is 506 g/mol. The number of carboxylic acids is 1. The van der Waals surface area contributed by atoms with Gasteiger partial charge < -0.3 is 44.0 Å². The summed E-state index contributed by atoms with van der Waals surface area (Å²) in [5.74, 6) is -3.93. The molecule has 0 aliphatic carbocycles. The molecule has 0 aromatic carbocycles. The summed E-state index contributed by atoms with van der Waals surface area (Å²) < 4.78 is 0. The van der Waals surface area contributed by atoms with Gasteiger partial charge in [0.15, 0.2) is 0 Å². The fraction of sp³-hybridized carbons (Fsp3) is 0.750. The Morgan fingerprint density at radius 2 is 1.18 bits per heavy atom. The molecular weight excluding hydrogens is 466 g/mol. The van der Waals surface area contributed by atoms with Crippen molar-refractivity contribution in [3.05, 3.63) is 0 Å². The number of carbonyl (C=O) groups excluding carboxylic acids is 4. The Kier molecular flexibility index (Phi) is 16.7. The number of thiol groups is 1. The van der Waals surface area contributed by atoms with Crippen molar-refractivity contribution in [2.24, 2.45) is 22.9 Å². The number of carbonyl (C=O) groups is 5. The second-order valence-corrected chi connectivity index (χ2v) is 8.25. The highest BCUT2D eigenvalue weighted by Crippen LogP contribution is 2.07. The number of rotatable bonds is 19. The third-order valence-corrected chi connectivity index (χ3v) is 5.38. The van der Waals surface area contributed by atoms with Gasteiger partial charge in [-0.2, -0.15) is 12.6 Å². The maximum Gasteiger partial charge on any atom is 0.326 e. The Bertz CT molecular complexity index is 682. The molecule has 0 spiro atoms. The number of nitrogens with two attached hydrogens (primary N) is 4. The maximum atomic E-state index is 12.9. The van der Waals surface area contributed by atoms with E-state index < -0.39 is 53.8 Å². The second kappa shape index (κ2) is 18.0. The minimum atomic E-state index is -1.25. The van der Waals surface area contributed by atoms with Crippen LogP contribution in [0.25, 0.3) is 0 Å². The van der Waals surface area contributed by atoms with Gasteiger partial charge in [-0.15, -0.1) is 0 Å². The van der Waals surface area contributed by atoms with Gasteiger partial charge in [0.2, 0.25) is 23.6 Å². The van der Waals surface area contributed by atoms with Crippen molar-refractivity contribution in [2.45, 2.75) is 75.5 Å². The van der Waals surface area contributed by atoms with E-state index >= 15 is 0 Å². The van der Waals surface area contributed by atoms with Gasteiger partial charge in [0.1, 0.15) is 18.1 Å². The van der Waals surface area contributed by atoms with E-state index in [1.165, 1.54) is 0 Å². The summed E-state index contributed by atoms with van der Waals surface area (Å²) in [6.45, 7) is 0.772. The molecule has 0 aromatic heterocycles. The summed E-state index contributed by atoms with van der Waals surface area (Å²) >= 11 is 3.97. The van der Waals surface area contributed by atoms with Gasteiger partial charge in [0.25, 0.3) is 0 Å². The lowest BCUT2D eigenvalue weighted by atomic mass is 10.0. The van der Waals surface area contributed by atoms with Gasteiger partial charge >= 0.3 is 5.97 Å². The highest BCUT2D eigenvalue weighted by atomic mass is 32.1. The monoisotopic (exact) mass is 505 g/mol. The fourth-order valence-corrected chi connectivity index (χ4v) is 3.14. The topological polar surface area (TPSA) is 246 Å². The predicted octanol–water partition coefficient (Wildman–Crippen LogP) is -2.69. The first-order valence-corrected chi connectivity index (χ1v) is 11.9. The van der Waals surface area contributed by atoms with Crippen LogP contribution in [0.15, 0.2) is 0 Å². The van der Waals surface area contributed by atoms with Crippen LogP contribution in [0.3, 0.4) is 0 Å². The Morgan fingerprint density at radius 1 is 0.735 bits per heavy atom. The van der Waals surface area contributed by atoms with E-state index in [9.17, 15) is 29.1 Å². The minimum Gasteiger partial charge on any atom is -0.480 e. The Labute approximate surface area is 204 Å². The van der Waals surface area contributed by atoms with Crippen molar-refractivity contribution < 1.29 is 29.1 Å². The molecule has 13 nitrogen and oxygen atoms in total. The Balaban J connectivity index is 5.47. The first kappa shape index (κ1) is 31.6. The van der Waals surface area contributed by atoms with Crippen molar-refractivity contribution >= 4 is 42.2 Å². The molecule has 0 rings (SSSR count). The van der Waals surface area contributed by atoms with Crippen LogP contribution in [0.1, 0.15) is 51.4 Å². The van der Waals surface area contributed by atoms with E-state index in [0.717, 1.165) is 0 Å². The third kappa shape index (κ3) is 13.3. The van der Waals surface area contributed by atoms with E-state index in [1.807, 2.05) is 0 Å². The summed E-state index contributed by atoms with van der Waals surface area (Å²) in [5, 5.41) is 16.8. The van der Waals surface area contributed by atoms with Gasteiger partial charge in [0.05, 0.1) is 6.04 Å². The number of amides is 4. The zero-order valence-electron chi connectivity index (χ0n) is 19.3. The summed E-state index contributed by atoms with van der Waals surface area (Å²) in [4.78, 5) is 60.7. The quantitative estimate of drug-likeness (QED) is 0.0653. The Morgan fingerprint density at radius 3 is 1.62 bits per heavy atom. The molecule has 14 heteroatoms. The average Bonchev–Trinajstić information content (AvgIpc) is 2.79. The van der Waals surface area contributed by atoms with Crippen LogP contribution in [0.4, 0.5) is 0 Å². The molecule has 0 saturated carbocycles. The molecule has 0 unspecified atom stereocenters. The Hall–Kier alpha value is -2.42. The van der Waals surface area contributed by atoms with Crippen molar-refractivity contribution in [3.8, 4) is 0 Å². The number of primary amides is 1. The molecule has 196 valence electrons. The molecule has 4 amide bonds. The largest absolute Gasteiger partial charge is 0.480 e. The van der Waals surface area contributed by atoms with Crippen molar-refractivity contribution in [1.82, 2.24) is 16.0 Å². The molecule has 0 bridgehead atoms. The lowest BCUT2D eigenvalue weighted by molar-refractivity contribution is -0.142. The van der Waals surface area contributed by atoms with Crippen molar-refractivity contribution in [1.29, 1.82) is 0 Å². The molecule has 34 heavy (non-hydrogen) atoms. The lowest BCUT2D eigenvalue weighted by Crippen LogP contribution is -2.57. The standard InChI is InChI=1S/C20H39N7O6S/c21-9-3-1-5-13(25-17(29)12(23)11-34)18(30)26-14(7-8-16(24)28)19(31)27-15(20(32)33)6-2-4-10-22/h12-15,34H,1-11,21-23H2,(H2,24,28)(H,25,29)(H,26,30)(H,27,31)(H,32,33)/t12-,13-,14-,15-/m0/s1. The molecular formula is C20H39N7O6S. The summed E-state index contributed by atoms with van der Waals surface area (Å²) in [6, 6.07) is -4.40. The zero-order valence-corrected chi connectivity index (χ0v) is 20.2.